The minimum absolute atomic E-state index is 0.177. The lowest BCUT2D eigenvalue weighted by molar-refractivity contribution is -0.0588. The van der Waals surface area contributed by atoms with Crippen molar-refractivity contribution in [3.63, 3.8) is 0 Å². The van der Waals surface area contributed by atoms with Gasteiger partial charge < -0.3 is 0 Å². The van der Waals surface area contributed by atoms with Crippen molar-refractivity contribution < 1.29 is 9.63 Å². The fourth-order valence-electron chi connectivity index (χ4n) is 1.13. The Kier molecular flexibility index (Phi) is 3.01. The zero-order chi connectivity index (χ0) is 11.8. The highest BCUT2D eigenvalue weighted by Gasteiger charge is 2.15. The monoisotopic (exact) mass is 255 g/mol. The van der Waals surface area contributed by atoms with Gasteiger partial charge in [0.2, 0.25) is 0 Å². The van der Waals surface area contributed by atoms with Crippen molar-refractivity contribution >= 4 is 38.0 Å². The summed E-state index contributed by atoms with van der Waals surface area (Å²) < 4.78 is 2.29. The van der Waals surface area contributed by atoms with E-state index in [1.54, 1.807) is 11.3 Å². The van der Waals surface area contributed by atoms with Crippen LogP contribution in [-0.2, 0) is 4.84 Å². The molecular weight excluding hydrogens is 242 g/mol. The van der Waals surface area contributed by atoms with Crippen molar-refractivity contribution in [1.82, 2.24) is 5.48 Å². The van der Waals surface area contributed by atoms with Crippen LogP contribution in [-0.4, -0.2) is 11.5 Å². The van der Waals surface area contributed by atoms with Crippen LogP contribution in [0.1, 0.15) is 30.4 Å². The largest absolute Gasteiger partial charge is 0.284 e. The molecule has 0 spiro atoms. The first-order valence-electron chi connectivity index (χ1n) is 4.91. The number of fused-ring (bicyclic) bond motifs is 1. The molecule has 1 N–H and O–H groups in total. The van der Waals surface area contributed by atoms with Crippen LogP contribution in [0.4, 0.5) is 0 Å². The molecular formula is C11H13NO2S2. The van der Waals surface area contributed by atoms with Crippen molar-refractivity contribution in [3.05, 3.63) is 22.4 Å². The lowest BCUT2D eigenvalue weighted by atomic mass is 10.2. The summed E-state index contributed by atoms with van der Waals surface area (Å²) in [5, 5.41) is 2.02. The molecule has 16 heavy (non-hydrogen) atoms. The van der Waals surface area contributed by atoms with Gasteiger partial charge in [0.1, 0.15) is 0 Å². The topological polar surface area (TPSA) is 38.3 Å². The molecule has 2 rings (SSSR count). The second kappa shape index (κ2) is 4.16. The van der Waals surface area contributed by atoms with E-state index in [-0.39, 0.29) is 11.5 Å². The van der Waals surface area contributed by atoms with Crippen molar-refractivity contribution in [2.24, 2.45) is 0 Å². The summed E-state index contributed by atoms with van der Waals surface area (Å²) in [6, 6.07) is 3.91. The number of rotatable bonds is 2. The number of carbonyl (C=O) groups excluding carboxylic acids is 1. The van der Waals surface area contributed by atoms with Gasteiger partial charge in [-0.1, -0.05) is 0 Å². The number of hydroxylamine groups is 1. The molecule has 0 fully saturated rings. The van der Waals surface area contributed by atoms with Crippen LogP contribution < -0.4 is 5.48 Å². The van der Waals surface area contributed by atoms with Crippen molar-refractivity contribution in [2.75, 3.05) is 0 Å². The van der Waals surface area contributed by atoms with E-state index in [9.17, 15) is 4.79 Å². The molecule has 2 aromatic rings. The Balaban J connectivity index is 2.08. The molecule has 2 heterocycles. The fourth-order valence-corrected chi connectivity index (χ4v) is 3.12. The van der Waals surface area contributed by atoms with Gasteiger partial charge in [0, 0.05) is 9.40 Å². The lowest BCUT2D eigenvalue weighted by Crippen LogP contribution is -2.33. The summed E-state index contributed by atoms with van der Waals surface area (Å²) in [6.45, 7) is 5.67. The van der Waals surface area contributed by atoms with E-state index >= 15 is 0 Å². The Morgan fingerprint density at radius 3 is 2.75 bits per heavy atom. The Bertz CT molecular complexity index is 479. The average molecular weight is 255 g/mol. The summed E-state index contributed by atoms with van der Waals surface area (Å²) in [7, 11) is 0. The Hall–Kier alpha value is -0.910. The van der Waals surface area contributed by atoms with Gasteiger partial charge in [0.05, 0.1) is 10.5 Å². The first-order valence-corrected chi connectivity index (χ1v) is 6.61. The molecule has 0 saturated carbocycles. The average Bonchev–Trinajstić information content (AvgIpc) is 2.71. The van der Waals surface area contributed by atoms with E-state index in [1.807, 2.05) is 38.3 Å². The highest BCUT2D eigenvalue weighted by molar-refractivity contribution is 7.27. The summed E-state index contributed by atoms with van der Waals surface area (Å²) in [5.74, 6) is -0.177. The molecule has 0 atom stereocenters. The third-order valence-corrected chi connectivity index (χ3v) is 3.91. The second-order valence-electron chi connectivity index (χ2n) is 4.41. The predicted molar refractivity (Wildman–Crippen MR) is 68.0 cm³/mol. The molecule has 0 radical (unpaired) electrons. The van der Waals surface area contributed by atoms with Crippen LogP contribution in [0.2, 0.25) is 0 Å². The molecule has 1 amide bonds. The van der Waals surface area contributed by atoms with Gasteiger partial charge in [-0.15, -0.1) is 22.7 Å². The van der Waals surface area contributed by atoms with Crippen molar-refractivity contribution in [1.29, 1.82) is 0 Å². The van der Waals surface area contributed by atoms with Crippen molar-refractivity contribution in [2.45, 2.75) is 26.4 Å². The molecule has 86 valence electrons. The van der Waals surface area contributed by atoms with E-state index in [4.69, 9.17) is 4.84 Å². The van der Waals surface area contributed by atoms with Crippen LogP contribution in [0.3, 0.4) is 0 Å². The number of carbonyl (C=O) groups is 1. The molecule has 0 saturated heterocycles. The van der Waals surface area contributed by atoms with Crippen LogP contribution >= 0.6 is 22.7 Å². The molecule has 2 aromatic heterocycles. The highest BCUT2D eigenvalue weighted by Crippen LogP contribution is 2.29. The molecule has 0 unspecified atom stereocenters. The van der Waals surface area contributed by atoms with E-state index in [2.05, 4.69) is 5.48 Å². The van der Waals surface area contributed by atoms with Gasteiger partial charge in [-0.25, -0.2) is 5.48 Å². The van der Waals surface area contributed by atoms with E-state index in [1.165, 1.54) is 11.3 Å². The van der Waals surface area contributed by atoms with Gasteiger partial charge in [-0.2, -0.15) is 0 Å². The molecule has 5 heteroatoms. The third kappa shape index (κ3) is 2.61. The normalized spacial score (nSPS) is 11.9. The summed E-state index contributed by atoms with van der Waals surface area (Å²) in [5.41, 5.74) is 2.10. The minimum atomic E-state index is -0.371. The maximum absolute atomic E-state index is 11.7. The fraction of sp³-hybridized carbons (Fsp3) is 0.364. The van der Waals surface area contributed by atoms with Crippen LogP contribution in [0.5, 0.6) is 0 Å². The SMILES string of the molecule is CC(C)(C)ONC(=O)c1cc2sccc2s1. The zero-order valence-corrected chi connectivity index (χ0v) is 11.0. The standard InChI is InChI=1S/C11H13NO2S2/c1-11(2,3)14-12-10(13)9-6-8-7(16-9)4-5-15-8/h4-6H,1-3H3,(H,12,13). The first kappa shape index (κ1) is 11.6. The molecule has 0 aliphatic heterocycles. The molecule has 0 bridgehead atoms. The van der Waals surface area contributed by atoms with Crippen LogP contribution in [0.25, 0.3) is 9.40 Å². The quantitative estimate of drug-likeness (QED) is 0.835. The van der Waals surface area contributed by atoms with Gasteiger partial charge in [0.15, 0.2) is 0 Å². The molecule has 0 aliphatic rings. The molecule has 0 aromatic carbocycles. The van der Waals surface area contributed by atoms with Crippen LogP contribution in [0, 0.1) is 0 Å². The minimum Gasteiger partial charge on any atom is -0.268 e. The van der Waals surface area contributed by atoms with Gasteiger partial charge in [-0.3, -0.25) is 9.63 Å². The third-order valence-electron chi connectivity index (χ3n) is 1.81. The lowest BCUT2D eigenvalue weighted by Gasteiger charge is -2.18. The summed E-state index contributed by atoms with van der Waals surface area (Å²) in [6.07, 6.45) is 0. The maximum Gasteiger partial charge on any atom is 0.284 e. The number of nitrogens with one attached hydrogen (secondary N) is 1. The number of hydrogen-bond donors (Lipinski definition) is 1. The van der Waals surface area contributed by atoms with E-state index in [0.717, 1.165) is 9.40 Å². The van der Waals surface area contributed by atoms with E-state index < -0.39 is 0 Å². The Morgan fingerprint density at radius 1 is 1.38 bits per heavy atom. The van der Waals surface area contributed by atoms with Gasteiger partial charge in [0.25, 0.3) is 5.91 Å². The zero-order valence-electron chi connectivity index (χ0n) is 9.37. The molecule has 3 nitrogen and oxygen atoms in total. The maximum atomic E-state index is 11.7. The Morgan fingerprint density at radius 2 is 2.12 bits per heavy atom. The highest BCUT2D eigenvalue weighted by atomic mass is 32.1. The first-order chi connectivity index (χ1) is 7.46. The van der Waals surface area contributed by atoms with Crippen molar-refractivity contribution in [3.8, 4) is 0 Å². The second-order valence-corrected chi connectivity index (χ2v) is 6.44. The van der Waals surface area contributed by atoms with Gasteiger partial charge >= 0.3 is 0 Å². The summed E-state index contributed by atoms with van der Waals surface area (Å²) >= 11 is 3.12. The number of amides is 1. The number of hydrogen-bond acceptors (Lipinski definition) is 4. The smallest absolute Gasteiger partial charge is 0.268 e. The van der Waals surface area contributed by atoms with E-state index in [0.29, 0.717) is 4.88 Å². The van der Waals surface area contributed by atoms with Crippen LogP contribution in [0.15, 0.2) is 17.5 Å². The summed E-state index contributed by atoms with van der Waals surface area (Å²) in [4.78, 5) is 17.7. The Labute approximate surface area is 102 Å². The molecule has 0 aliphatic carbocycles. The predicted octanol–water partition coefficient (Wildman–Crippen LogP) is 3.42. The number of thiophene rings is 2. The van der Waals surface area contributed by atoms with Gasteiger partial charge in [-0.05, 0) is 38.3 Å².